The standard InChI is InChI=1S/C12H15BrFNO2S/c13-9-10-2-3-12(11(14)8-10)15-4-1-6-18(16,17)7-5-15/h2-3,8H,1,4-7,9H2. The highest BCUT2D eigenvalue weighted by Crippen LogP contribution is 2.23. The highest BCUT2D eigenvalue weighted by atomic mass is 79.9. The third-order valence-electron chi connectivity index (χ3n) is 3.06. The lowest BCUT2D eigenvalue weighted by atomic mass is 10.2. The van der Waals surface area contributed by atoms with Crippen LogP contribution in [0.25, 0.3) is 0 Å². The van der Waals surface area contributed by atoms with Gasteiger partial charge in [0.15, 0.2) is 9.84 Å². The van der Waals surface area contributed by atoms with Gasteiger partial charge in [0, 0.05) is 18.4 Å². The maximum absolute atomic E-state index is 13.9. The average Bonchev–Trinajstić information content (AvgIpc) is 2.50. The molecule has 100 valence electrons. The summed E-state index contributed by atoms with van der Waals surface area (Å²) in [6.07, 6.45) is 0.558. The topological polar surface area (TPSA) is 37.4 Å². The Kier molecular flexibility index (Phi) is 4.27. The van der Waals surface area contributed by atoms with E-state index in [9.17, 15) is 12.8 Å². The van der Waals surface area contributed by atoms with E-state index in [1.165, 1.54) is 6.07 Å². The molecule has 2 rings (SSSR count). The SMILES string of the molecule is O=S1(=O)CCCN(c2ccc(CBr)cc2F)CC1. The number of hydrogen-bond acceptors (Lipinski definition) is 3. The van der Waals surface area contributed by atoms with Gasteiger partial charge in [-0.3, -0.25) is 0 Å². The Morgan fingerprint density at radius 3 is 2.72 bits per heavy atom. The maximum Gasteiger partial charge on any atom is 0.152 e. The normalized spacial score (nSPS) is 19.6. The molecule has 1 saturated heterocycles. The van der Waals surface area contributed by atoms with Crippen LogP contribution in [-0.2, 0) is 15.2 Å². The first kappa shape index (κ1) is 13.8. The molecule has 18 heavy (non-hydrogen) atoms. The van der Waals surface area contributed by atoms with Gasteiger partial charge in [0.05, 0.1) is 17.2 Å². The number of hydrogen-bond donors (Lipinski definition) is 0. The molecule has 0 atom stereocenters. The number of nitrogens with zero attached hydrogens (tertiary/aromatic N) is 1. The van der Waals surface area contributed by atoms with Gasteiger partial charge < -0.3 is 4.90 Å². The Hall–Kier alpha value is -0.620. The van der Waals surface area contributed by atoms with Crippen molar-refractivity contribution < 1.29 is 12.8 Å². The van der Waals surface area contributed by atoms with Crippen LogP contribution in [-0.4, -0.2) is 33.0 Å². The monoisotopic (exact) mass is 335 g/mol. The van der Waals surface area contributed by atoms with Crippen molar-refractivity contribution >= 4 is 31.5 Å². The summed E-state index contributed by atoms with van der Waals surface area (Å²) in [4.78, 5) is 1.82. The van der Waals surface area contributed by atoms with Crippen LogP contribution < -0.4 is 4.90 Å². The van der Waals surface area contributed by atoms with Crippen LogP contribution in [0.5, 0.6) is 0 Å². The fraction of sp³-hybridized carbons (Fsp3) is 0.500. The molecule has 6 heteroatoms. The van der Waals surface area contributed by atoms with Crippen LogP contribution in [0.15, 0.2) is 18.2 Å². The zero-order valence-electron chi connectivity index (χ0n) is 9.90. The first-order chi connectivity index (χ1) is 8.52. The van der Waals surface area contributed by atoms with Crippen LogP contribution in [0.3, 0.4) is 0 Å². The molecule has 0 spiro atoms. The number of benzene rings is 1. The molecule has 3 nitrogen and oxygen atoms in total. The Morgan fingerprint density at radius 2 is 2.06 bits per heavy atom. The van der Waals surface area contributed by atoms with E-state index in [1.807, 2.05) is 11.0 Å². The second-order valence-electron chi connectivity index (χ2n) is 4.41. The van der Waals surface area contributed by atoms with Gasteiger partial charge >= 0.3 is 0 Å². The van der Waals surface area contributed by atoms with Crippen molar-refractivity contribution in [3.05, 3.63) is 29.6 Å². The quantitative estimate of drug-likeness (QED) is 0.778. The third kappa shape index (κ3) is 3.23. The van der Waals surface area contributed by atoms with Crippen LogP contribution in [0, 0.1) is 5.82 Å². The second kappa shape index (κ2) is 5.57. The van der Waals surface area contributed by atoms with Gasteiger partial charge in [-0.15, -0.1) is 0 Å². The molecule has 0 aliphatic carbocycles. The van der Waals surface area contributed by atoms with Gasteiger partial charge in [-0.1, -0.05) is 22.0 Å². The van der Waals surface area contributed by atoms with Gasteiger partial charge in [0.25, 0.3) is 0 Å². The van der Waals surface area contributed by atoms with E-state index in [-0.39, 0.29) is 17.3 Å². The first-order valence-corrected chi connectivity index (χ1v) is 8.76. The number of rotatable bonds is 2. The number of anilines is 1. The highest BCUT2D eigenvalue weighted by Gasteiger charge is 2.21. The van der Waals surface area contributed by atoms with Gasteiger partial charge in [-0.05, 0) is 24.1 Å². The fourth-order valence-electron chi connectivity index (χ4n) is 2.07. The first-order valence-electron chi connectivity index (χ1n) is 5.81. The summed E-state index contributed by atoms with van der Waals surface area (Å²) in [7, 11) is -2.96. The van der Waals surface area contributed by atoms with E-state index in [0.29, 0.717) is 30.5 Å². The van der Waals surface area contributed by atoms with Crippen molar-refractivity contribution in [2.75, 3.05) is 29.5 Å². The minimum absolute atomic E-state index is 0.104. The van der Waals surface area contributed by atoms with Crippen molar-refractivity contribution in [1.29, 1.82) is 0 Å². The van der Waals surface area contributed by atoms with E-state index in [1.54, 1.807) is 6.07 Å². The summed E-state index contributed by atoms with van der Waals surface area (Å²) < 4.78 is 36.9. The van der Waals surface area contributed by atoms with Gasteiger partial charge in [-0.25, -0.2) is 12.8 Å². The van der Waals surface area contributed by atoms with E-state index >= 15 is 0 Å². The molecular weight excluding hydrogens is 321 g/mol. The Bertz CT molecular complexity index is 533. The molecule has 1 aromatic rings. The van der Waals surface area contributed by atoms with Crippen molar-refractivity contribution in [3.8, 4) is 0 Å². The van der Waals surface area contributed by atoms with Gasteiger partial charge in [0.2, 0.25) is 0 Å². The molecule has 0 aromatic heterocycles. The molecule has 1 aliphatic heterocycles. The molecule has 0 bridgehead atoms. The van der Waals surface area contributed by atoms with E-state index in [4.69, 9.17) is 0 Å². The minimum Gasteiger partial charge on any atom is -0.368 e. The molecule has 1 aromatic carbocycles. The molecular formula is C12H15BrFNO2S. The summed E-state index contributed by atoms with van der Waals surface area (Å²) in [5, 5.41) is 0.610. The predicted octanol–water partition coefficient (Wildman–Crippen LogP) is 2.35. The van der Waals surface area contributed by atoms with Crippen molar-refractivity contribution in [3.63, 3.8) is 0 Å². The summed E-state index contributed by atoms with van der Waals surface area (Å²) in [5.74, 6) is 0.0169. The molecule has 0 radical (unpaired) electrons. The summed E-state index contributed by atoms with van der Waals surface area (Å²) >= 11 is 3.28. The second-order valence-corrected chi connectivity index (χ2v) is 7.28. The molecule has 0 N–H and O–H groups in total. The minimum atomic E-state index is -2.96. The average molecular weight is 336 g/mol. The Balaban J connectivity index is 2.21. The molecule has 1 fully saturated rings. The zero-order chi connectivity index (χ0) is 13.2. The maximum atomic E-state index is 13.9. The largest absolute Gasteiger partial charge is 0.368 e. The summed E-state index contributed by atoms with van der Waals surface area (Å²) in [6, 6.07) is 5.07. The van der Waals surface area contributed by atoms with E-state index in [0.717, 1.165) is 5.56 Å². The van der Waals surface area contributed by atoms with Crippen molar-refractivity contribution in [1.82, 2.24) is 0 Å². The fourth-order valence-corrected chi connectivity index (χ4v) is 3.69. The number of alkyl halides is 1. The molecule has 0 amide bonds. The van der Waals surface area contributed by atoms with E-state index < -0.39 is 9.84 Å². The van der Waals surface area contributed by atoms with Crippen LogP contribution in [0.1, 0.15) is 12.0 Å². The number of halogens is 2. The Morgan fingerprint density at radius 1 is 1.28 bits per heavy atom. The molecule has 1 aliphatic rings. The third-order valence-corrected chi connectivity index (χ3v) is 5.43. The van der Waals surface area contributed by atoms with Crippen molar-refractivity contribution in [2.45, 2.75) is 11.8 Å². The van der Waals surface area contributed by atoms with E-state index in [2.05, 4.69) is 15.9 Å². The van der Waals surface area contributed by atoms with Crippen molar-refractivity contribution in [2.24, 2.45) is 0 Å². The molecule has 1 heterocycles. The zero-order valence-corrected chi connectivity index (χ0v) is 12.3. The molecule has 0 saturated carbocycles. The lowest BCUT2D eigenvalue weighted by molar-refractivity contribution is 0.596. The van der Waals surface area contributed by atoms with Crippen LogP contribution in [0.2, 0.25) is 0 Å². The summed E-state index contributed by atoms with van der Waals surface area (Å²) in [5.41, 5.74) is 1.37. The smallest absolute Gasteiger partial charge is 0.152 e. The van der Waals surface area contributed by atoms with Gasteiger partial charge in [-0.2, -0.15) is 0 Å². The lowest BCUT2D eigenvalue weighted by Gasteiger charge is -2.22. The molecule has 0 unspecified atom stereocenters. The summed E-state index contributed by atoms with van der Waals surface area (Å²) in [6.45, 7) is 0.955. The highest BCUT2D eigenvalue weighted by molar-refractivity contribution is 9.08. The van der Waals surface area contributed by atoms with Crippen LogP contribution in [0.4, 0.5) is 10.1 Å². The lowest BCUT2D eigenvalue weighted by Crippen LogP contribution is -2.27. The number of sulfone groups is 1. The van der Waals surface area contributed by atoms with Gasteiger partial charge in [0.1, 0.15) is 5.82 Å². The predicted molar refractivity (Wildman–Crippen MR) is 74.5 cm³/mol. The van der Waals surface area contributed by atoms with Crippen LogP contribution >= 0.6 is 15.9 Å². The Labute approximate surface area is 115 Å².